The second kappa shape index (κ2) is 11.9. The number of aliphatic hydroxyl groups is 1. The summed E-state index contributed by atoms with van der Waals surface area (Å²) >= 11 is 0. The summed E-state index contributed by atoms with van der Waals surface area (Å²) in [4.78, 5) is 20.4. The summed E-state index contributed by atoms with van der Waals surface area (Å²) in [7, 11) is 0. The number of hydrogen-bond acceptors (Lipinski definition) is 4. The molecule has 2 rings (SSSR count). The van der Waals surface area contributed by atoms with Gasteiger partial charge in [-0.2, -0.15) is 0 Å². The Hall–Kier alpha value is -1.55. The number of carbonyl (C=O) groups is 1. The van der Waals surface area contributed by atoms with Crippen LogP contribution in [-0.4, -0.2) is 66.3 Å². The summed E-state index contributed by atoms with van der Waals surface area (Å²) in [6, 6.07) is 7.76. The van der Waals surface area contributed by atoms with Crippen LogP contribution in [0, 0.1) is 0 Å². The summed E-state index contributed by atoms with van der Waals surface area (Å²) in [5.74, 6) is 0.832. The number of nitrogens with one attached hydrogen (secondary N) is 1. The van der Waals surface area contributed by atoms with Gasteiger partial charge < -0.3 is 25.0 Å². The maximum Gasteiger partial charge on any atom is 0.409 e. The van der Waals surface area contributed by atoms with Crippen molar-refractivity contribution in [2.75, 3.05) is 39.3 Å². The van der Waals surface area contributed by atoms with Crippen LogP contribution in [0.5, 0.6) is 0 Å². The molecule has 1 aromatic carbocycles. The normalized spacial score (nSPS) is 14.7. The molecule has 0 radical (unpaired) electrons. The van der Waals surface area contributed by atoms with Crippen molar-refractivity contribution in [2.45, 2.75) is 27.0 Å². The van der Waals surface area contributed by atoms with Crippen LogP contribution >= 0.6 is 24.0 Å². The fraction of sp³-hybridized carbons (Fsp3) is 0.556. The number of amides is 1. The molecule has 1 saturated heterocycles. The average Bonchev–Trinajstić information content (AvgIpc) is 2.65. The van der Waals surface area contributed by atoms with Crippen LogP contribution in [0.3, 0.4) is 0 Å². The standard InChI is InChI=1S/C18H28N4O3.HI/c1-3-19-17(20-13-15-7-5-6-8-16(15)14-23)21-9-11-22(12-10-21)18(24)25-4-2;/h5-8,23H,3-4,9-14H2,1-2H3,(H,19,20);1H. The Kier molecular flexibility index (Phi) is 10.3. The van der Waals surface area contributed by atoms with Gasteiger partial charge in [-0.1, -0.05) is 24.3 Å². The van der Waals surface area contributed by atoms with E-state index in [0.29, 0.717) is 39.3 Å². The average molecular weight is 476 g/mol. The molecule has 2 N–H and O–H groups in total. The smallest absolute Gasteiger partial charge is 0.409 e. The topological polar surface area (TPSA) is 77.4 Å². The van der Waals surface area contributed by atoms with Crippen LogP contribution in [0.1, 0.15) is 25.0 Å². The summed E-state index contributed by atoms with van der Waals surface area (Å²) in [6.45, 7) is 8.22. The molecule has 0 aromatic heterocycles. The zero-order valence-electron chi connectivity index (χ0n) is 15.5. The molecule has 1 aliphatic heterocycles. The van der Waals surface area contributed by atoms with E-state index < -0.39 is 0 Å². The highest BCUT2D eigenvalue weighted by atomic mass is 127. The van der Waals surface area contributed by atoms with Gasteiger partial charge in [0.15, 0.2) is 5.96 Å². The molecule has 0 bridgehead atoms. The van der Waals surface area contributed by atoms with Crippen LogP contribution < -0.4 is 5.32 Å². The number of benzene rings is 1. The maximum atomic E-state index is 11.8. The van der Waals surface area contributed by atoms with Gasteiger partial charge in [-0.3, -0.25) is 0 Å². The molecule has 0 aliphatic carbocycles. The van der Waals surface area contributed by atoms with Crippen molar-refractivity contribution < 1.29 is 14.6 Å². The van der Waals surface area contributed by atoms with Gasteiger partial charge in [-0.15, -0.1) is 24.0 Å². The lowest BCUT2D eigenvalue weighted by molar-refractivity contribution is 0.0914. The molecular weight excluding hydrogens is 447 g/mol. The molecule has 146 valence electrons. The van der Waals surface area contributed by atoms with Crippen LogP contribution in [0.25, 0.3) is 0 Å². The van der Waals surface area contributed by atoms with E-state index in [9.17, 15) is 9.90 Å². The third-order valence-electron chi connectivity index (χ3n) is 4.13. The Morgan fingerprint density at radius 2 is 1.77 bits per heavy atom. The zero-order valence-corrected chi connectivity index (χ0v) is 17.8. The quantitative estimate of drug-likeness (QED) is 0.387. The van der Waals surface area contributed by atoms with Crippen molar-refractivity contribution in [1.82, 2.24) is 15.1 Å². The van der Waals surface area contributed by atoms with Gasteiger partial charge in [0.2, 0.25) is 0 Å². The van der Waals surface area contributed by atoms with Gasteiger partial charge in [0, 0.05) is 32.7 Å². The number of guanidine groups is 1. The highest BCUT2D eigenvalue weighted by Crippen LogP contribution is 2.11. The van der Waals surface area contributed by atoms with Crippen LogP contribution in [0.4, 0.5) is 4.79 Å². The van der Waals surface area contributed by atoms with Crippen LogP contribution in [-0.2, 0) is 17.9 Å². The van der Waals surface area contributed by atoms with Crippen molar-refractivity contribution in [3.63, 3.8) is 0 Å². The second-order valence-electron chi connectivity index (χ2n) is 5.77. The monoisotopic (exact) mass is 476 g/mol. The molecule has 1 fully saturated rings. The molecule has 0 saturated carbocycles. The number of piperazine rings is 1. The Balaban J connectivity index is 0.00000338. The number of hydrogen-bond donors (Lipinski definition) is 2. The molecule has 1 aliphatic rings. The molecular formula is C18H29IN4O3. The van der Waals surface area contributed by atoms with E-state index in [0.717, 1.165) is 23.6 Å². The van der Waals surface area contributed by atoms with E-state index in [4.69, 9.17) is 9.73 Å². The molecule has 1 heterocycles. The number of ether oxygens (including phenoxy) is 1. The van der Waals surface area contributed by atoms with E-state index in [2.05, 4.69) is 10.2 Å². The third-order valence-corrected chi connectivity index (χ3v) is 4.13. The Labute approximate surface area is 172 Å². The first-order chi connectivity index (χ1) is 12.2. The predicted octanol–water partition coefficient (Wildman–Crippen LogP) is 2.04. The van der Waals surface area contributed by atoms with Gasteiger partial charge in [-0.05, 0) is 25.0 Å². The number of halogens is 1. The van der Waals surface area contributed by atoms with Crippen molar-refractivity contribution in [2.24, 2.45) is 4.99 Å². The summed E-state index contributed by atoms with van der Waals surface area (Å²) in [5, 5.41) is 12.7. The van der Waals surface area contributed by atoms with Gasteiger partial charge in [0.05, 0.1) is 19.8 Å². The first-order valence-electron chi connectivity index (χ1n) is 8.82. The fourth-order valence-corrected chi connectivity index (χ4v) is 2.77. The summed E-state index contributed by atoms with van der Waals surface area (Å²) in [5.41, 5.74) is 1.92. The molecule has 0 spiro atoms. The van der Waals surface area contributed by atoms with Gasteiger partial charge >= 0.3 is 6.09 Å². The SMILES string of the molecule is CCNC(=NCc1ccccc1CO)N1CCN(C(=O)OCC)CC1.I. The molecule has 1 amide bonds. The minimum atomic E-state index is -0.249. The van der Waals surface area contributed by atoms with Crippen molar-refractivity contribution >= 4 is 36.0 Å². The Bertz CT molecular complexity index is 590. The van der Waals surface area contributed by atoms with Crippen molar-refractivity contribution in [1.29, 1.82) is 0 Å². The van der Waals surface area contributed by atoms with E-state index in [1.54, 1.807) is 4.90 Å². The van der Waals surface area contributed by atoms with Crippen molar-refractivity contribution in [3.8, 4) is 0 Å². The van der Waals surface area contributed by atoms with Gasteiger partial charge in [0.25, 0.3) is 0 Å². The molecule has 1 aromatic rings. The molecule has 0 atom stereocenters. The Morgan fingerprint density at radius 1 is 1.15 bits per heavy atom. The summed E-state index contributed by atoms with van der Waals surface area (Å²) in [6.07, 6.45) is -0.249. The van der Waals surface area contributed by atoms with E-state index >= 15 is 0 Å². The summed E-state index contributed by atoms with van der Waals surface area (Å²) < 4.78 is 5.05. The van der Waals surface area contributed by atoms with Gasteiger partial charge in [-0.25, -0.2) is 9.79 Å². The fourth-order valence-electron chi connectivity index (χ4n) is 2.77. The number of aliphatic hydroxyl groups excluding tert-OH is 1. The number of nitrogens with zero attached hydrogens (tertiary/aromatic N) is 3. The van der Waals surface area contributed by atoms with E-state index in [1.165, 1.54) is 0 Å². The van der Waals surface area contributed by atoms with Crippen LogP contribution in [0.15, 0.2) is 29.3 Å². The van der Waals surface area contributed by atoms with Crippen molar-refractivity contribution in [3.05, 3.63) is 35.4 Å². The number of rotatable bonds is 5. The molecule has 8 heteroatoms. The lowest BCUT2D eigenvalue weighted by Gasteiger charge is -2.35. The third kappa shape index (κ3) is 6.31. The van der Waals surface area contributed by atoms with Gasteiger partial charge in [0.1, 0.15) is 0 Å². The lowest BCUT2D eigenvalue weighted by Crippen LogP contribution is -2.53. The minimum absolute atomic E-state index is 0. The molecule has 7 nitrogen and oxygen atoms in total. The van der Waals surface area contributed by atoms with E-state index in [-0.39, 0.29) is 36.7 Å². The zero-order chi connectivity index (χ0) is 18.1. The number of carbonyl (C=O) groups excluding carboxylic acids is 1. The lowest BCUT2D eigenvalue weighted by atomic mass is 10.1. The van der Waals surface area contributed by atoms with E-state index in [1.807, 2.05) is 38.1 Å². The maximum absolute atomic E-state index is 11.8. The largest absolute Gasteiger partial charge is 0.450 e. The minimum Gasteiger partial charge on any atom is -0.450 e. The molecule has 26 heavy (non-hydrogen) atoms. The Morgan fingerprint density at radius 3 is 2.35 bits per heavy atom. The highest BCUT2D eigenvalue weighted by molar-refractivity contribution is 14.0. The van der Waals surface area contributed by atoms with Crippen LogP contribution in [0.2, 0.25) is 0 Å². The molecule has 0 unspecified atom stereocenters. The number of aliphatic imine (C=N–C) groups is 1. The predicted molar refractivity (Wildman–Crippen MR) is 113 cm³/mol. The second-order valence-corrected chi connectivity index (χ2v) is 5.77. The first-order valence-corrected chi connectivity index (χ1v) is 8.82. The first kappa shape index (κ1) is 22.5. The highest BCUT2D eigenvalue weighted by Gasteiger charge is 2.23.